The molecule has 0 saturated carbocycles. The van der Waals surface area contributed by atoms with Crippen LogP contribution in [0.15, 0.2) is 23.8 Å². The number of hydrogen-bond donors (Lipinski definition) is 1. The zero-order valence-electron chi connectivity index (χ0n) is 8.74. The third-order valence-corrected chi connectivity index (χ3v) is 3.16. The minimum Gasteiger partial charge on any atom is -0.481 e. The Kier molecular flexibility index (Phi) is 2.91. The van der Waals surface area contributed by atoms with E-state index in [-0.39, 0.29) is 18.4 Å². The van der Waals surface area contributed by atoms with Crippen LogP contribution in [-0.2, 0) is 9.53 Å². The van der Waals surface area contributed by atoms with Crippen LogP contribution in [0.2, 0.25) is 0 Å². The Bertz CT molecular complexity index is 317. The molecule has 1 saturated heterocycles. The van der Waals surface area contributed by atoms with E-state index in [2.05, 4.69) is 12.7 Å². The molecular formula is C12H16O3. The largest absolute Gasteiger partial charge is 0.481 e. The molecule has 1 fully saturated rings. The Morgan fingerprint density at radius 3 is 3.20 bits per heavy atom. The molecule has 1 heterocycles. The third kappa shape index (κ3) is 2.12. The van der Waals surface area contributed by atoms with Crippen LogP contribution in [0.25, 0.3) is 0 Å². The Morgan fingerprint density at radius 2 is 2.47 bits per heavy atom. The summed E-state index contributed by atoms with van der Waals surface area (Å²) in [5.41, 5.74) is 2.38. The van der Waals surface area contributed by atoms with Crippen LogP contribution in [-0.4, -0.2) is 23.8 Å². The van der Waals surface area contributed by atoms with Gasteiger partial charge >= 0.3 is 5.97 Å². The Labute approximate surface area is 89.4 Å². The molecule has 2 rings (SSSR count). The topological polar surface area (TPSA) is 46.5 Å². The lowest BCUT2D eigenvalue weighted by molar-refractivity contribution is -0.139. The fourth-order valence-corrected chi connectivity index (χ4v) is 2.46. The molecule has 0 spiro atoms. The summed E-state index contributed by atoms with van der Waals surface area (Å²) in [5.74, 6) is -0.637. The summed E-state index contributed by atoms with van der Waals surface area (Å²) in [6, 6.07) is 0. The predicted octanol–water partition coefficient (Wildman–Crippen LogP) is 2.14. The molecule has 1 aliphatic heterocycles. The van der Waals surface area contributed by atoms with Crippen molar-refractivity contribution >= 4 is 5.97 Å². The first-order valence-electron chi connectivity index (χ1n) is 5.38. The number of aliphatic carboxylic acids is 1. The second kappa shape index (κ2) is 4.19. The van der Waals surface area contributed by atoms with Gasteiger partial charge in [-0.05, 0) is 24.8 Å². The first kappa shape index (κ1) is 10.4. The lowest BCUT2D eigenvalue weighted by Gasteiger charge is -2.18. The van der Waals surface area contributed by atoms with Crippen LogP contribution >= 0.6 is 0 Å². The van der Waals surface area contributed by atoms with Gasteiger partial charge in [-0.1, -0.05) is 18.2 Å². The number of ether oxygens (including phenoxy) is 1. The summed E-state index contributed by atoms with van der Waals surface area (Å²) in [7, 11) is 0. The summed E-state index contributed by atoms with van der Waals surface area (Å²) in [4.78, 5) is 10.7. The van der Waals surface area contributed by atoms with Gasteiger partial charge in [-0.25, -0.2) is 0 Å². The average Bonchev–Trinajstić information content (AvgIpc) is 2.45. The molecule has 3 nitrogen and oxygen atoms in total. The highest BCUT2D eigenvalue weighted by Crippen LogP contribution is 2.38. The molecule has 0 aromatic carbocycles. The van der Waals surface area contributed by atoms with Gasteiger partial charge in [0.25, 0.3) is 0 Å². The second-order valence-corrected chi connectivity index (χ2v) is 4.25. The maximum absolute atomic E-state index is 10.7. The van der Waals surface area contributed by atoms with Gasteiger partial charge in [-0.2, -0.15) is 0 Å². The van der Waals surface area contributed by atoms with Crippen molar-refractivity contribution in [3.8, 4) is 0 Å². The number of carbonyl (C=O) groups is 1. The molecule has 0 aromatic heterocycles. The molecule has 0 aromatic rings. The van der Waals surface area contributed by atoms with E-state index in [1.807, 2.05) is 0 Å². The molecule has 15 heavy (non-hydrogen) atoms. The van der Waals surface area contributed by atoms with Gasteiger partial charge in [0.1, 0.15) is 0 Å². The maximum Gasteiger partial charge on any atom is 0.306 e. The molecule has 3 heteroatoms. The van der Waals surface area contributed by atoms with Crippen molar-refractivity contribution < 1.29 is 14.6 Å². The first-order valence-corrected chi connectivity index (χ1v) is 5.38. The van der Waals surface area contributed by atoms with Gasteiger partial charge < -0.3 is 9.84 Å². The average molecular weight is 208 g/mol. The number of carboxylic acid groups (broad SMARTS) is 1. The van der Waals surface area contributed by atoms with Gasteiger partial charge in [0.2, 0.25) is 0 Å². The summed E-state index contributed by atoms with van der Waals surface area (Å²) in [5, 5.41) is 8.79. The minimum atomic E-state index is -0.793. The zero-order chi connectivity index (χ0) is 10.8. The van der Waals surface area contributed by atoms with Gasteiger partial charge in [-0.3, -0.25) is 4.79 Å². The van der Waals surface area contributed by atoms with E-state index >= 15 is 0 Å². The summed E-state index contributed by atoms with van der Waals surface area (Å²) in [6.07, 6.45) is 5.27. The van der Waals surface area contributed by atoms with Gasteiger partial charge in [0, 0.05) is 5.92 Å². The van der Waals surface area contributed by atoms with E-state index in [0.717, 1.165) is 24.8 Å². The fraction of sp³-hybridized carbons (Fsp3) is 0.583. The fourth-order valence-electron chi connectivity index (χ4n) is 2.46. The standard InChI is InChI=1S/C12H16O3/c1-8-4-2-3-5-9-7-15-10(12(8)9)6-11(13)14/h5,10,12H,1-4,6-7H2,(H,13,14)/t10-,12?/m0/s1. The summed E-state index contributed by atoms with van der Waals surface area (Å²) >= 11 is 0. The van der Waals surface area contributed by atoms with E-state index in [4.69, 9.17) is 9.84 Å². The van der Waals surface area contributed by atoms with Crippen LogP contribution < -0.4 is 0 Å². The molecule has 0 amide bonds. The van der Waals surface area contributed by atoms with Crippen molar-refractivity contribution in [1.29, 1.82) is 0 Å². The molecular weight excluding hydrogens is 192 g/mol. The van der Waals surface area contributed by atoms with E-state index in [1.54, 1.807) is 0 Å². The van der Waals surface area contributed by atoms with Crippen molar-refractivity contribution in [3.05, 3.63) is 23.8 Å². The molecule has 1 N–H and O–H groups in total. The Morgan fingerprint density at radius 1 is 1.67 bits per heavy atom. The number of fused-ring (bicyclic) bond motifs is 1. The molecule has 1 unspecified atom stereocenters. The molecule has 2 atom stereocenters. The zero-order valence-corrected chi connectivity index (χ0v) is 8.74. The molecule has 1 aliphatic carbocycles. The van der Waals surface area contributed by atoms with Crippen molar-refractivity contribution in [3.63, 3.8) is 0 Å². The minimum absolute atomic E-state index is 0.0844. The van der Waals surface area contributed by atoms with Crippen LogP contribution in [0.4, 0.5) is 0 Å². The molecule has 0 radical (unpaired) electrons. The van der Waals surface area contributed by atoms with Crippen molar-refractivity contribution in [2.45, 2.75) is 31.8 Å². The molecule has 2 aliphatic rings. The van der Waals surface area contributed by atoms with E-state index in [0.29, 0.717) is 6.61 Å². The monoisotopic (exact) mass is 208 g/mol. The molecule has 82 valence electrons. The van der Waals surface area contributed by atoms with Crippen molar-refractivity contribution in [2.75, 3.05) is 6.61 Å². The van der Waals surface area contributed by atoms with E-state index in [1.165, 1.54) is 5.57 Å². The van der Waals surface area contributed by atoms with Gasteiger partial charge in [0.15, 0.2) is 0 Å². The number of allylic oxidation sites excluding steroid dienone is 1. The highest BCUT2D eigenvalue weighted by atomic mass is 16.5. The van der Waals surface area contributed by atoms with Crippen molar-refractivity contribution in [2.24, 2.45) is 5.92 Å². The third-order valence-electron chi connectivity index (χ3n) is 3.16. The van der Waals surface area contributed by atoms with E-state index in [9.17, 15) is 4.79 Å². The summed E-state index contributed by atoms with van der Waals surface area (Å²) < 4.78 is 5.53. The van der Waals surface area contributed by atoms with Gasteiger partial charge in [-0.15, -0.1) is 0 Å². The Balaban J connectivity index is 2.16. The SMILES string of the molecule is C=C1CCCC=C2CO[C@@H](CC(=O)O)C12. The highest BCUT2D eigenvalue weighted by Gasteiger charge is 2.36. The van der Waals surface area contributed by atoms with Crippen LogP contribution in [0.5, 0.6) is 0 Å². The Hall–Kier alpha value is -1.09. The first-order chi connectivity index (χ1) is 7.18. The van der Waals surface area contributed by atoms with Gasteiger partial charge in [0.05, 0.1) is 19.1 Å². The van der Waals surface area contributed by atoms with Crippen LogP contribution in [0, 0.1) is 5.92 Å². The predicted molar refractivity (Wildman–Crippen MR) is 56.6 cm³/mol. The van der Waals surface area contributed by atoms with Crippen molar-refractivity contribution in [1.82, 2.24) is 0 Å². The number of carboxylic acids is 1. The maximum atomic E-state index is 10.7. The quantitative estimate of drug-likeness (QED) is 0.707. The normalized spacial score (nSPS) is 30.7. The van der Waals surface area contributed by atoms with E-state index < -0.39 is 5.97 Å². The second-order valence-electron chi connectivity index (χ2n) is 4.25. The smallest absolute Gasteiger partial charge is 0.306 e. The summed E-state index contributed by atoms with van der Waals surface area (Å²) in [6.45, 7) is 4.65. The lowest BCUT2D eigenvalue weighted by Crippen LogP contribution is -2.21. The van der Waals surface area contributed by atoms with Crippen LogP contribution in [0.3, 0.4) is 0 Å². The van der Waals surface area contributed by atoms with Crippen LogP contribution in [0.1, 0.15) is 25.7 Å². The highest BCUT2D eigenvalue weighted by molar-refractivity contribution is 5.67. The lowest BCUT2D eigenvalue weighted by atomic mass is 9.87. The number of hydrogen-bond acceptors (Lipinski definition) is 2. The number of rotatable bonds is 2. The molecule has 0 bridgehead atoms.